The smallest absolute Gasteiger partial charge is 0.200 e. The average molecular weight is 339 g/mol. The van der Waals surface area contributed by atoms with Crippen LogP contribution in [0.25, 0.3) is 11.1 Å². The summed E-state index contributed by atoms with van der Waals surface area (Å²) >= 11 is 0. The van der Waals surface area contributed by atoms with Crippen LogP contribution in [0.1, 0.15) is 0 Å². The first kappa shape index (κ1) is 16.1. The number of ether oxygens (including phenoxy) is 1. The molecule has 0 saturated carbocycles. The summed E-state index contributed by atoms with van der Waals surface area (Å²) in [5.41, 5.74) is -0.713. The van der Waals surface area contributed by atoms with E-state index >= 15 is 0 Å². The normalized spacial score (nSPS) is 13.2. The summed E-state index contributed by atoms with van der Waals surface area (Å²) in [6.45, 7) is 1.03. The van der Waals surface area contributed by atoms with Crippen LogP contribution in [-0.4, -0.2) is 19.7 Å². The van der Waals surface area contributed by atoms with Gasteiger partial charge in [-0.3, -0.25) is 0 Å². The highest BCUT2D eigenvalue weighted by Crippen LogP contribution is 2.38. The molecular weight excluding hydrogens is 329 g/mol. The molecule has 3 rings (SSSR count). The second kappa shape index (κ2) is 6.04. The Balaban J connectivity index is 2.19. The van der Waals surface area contributed by atoms with Crippen molar-refractivity contribution in [3.8, 4) is 29.2 Å². The van der Waals surface area contributed by atoms with E-state index in [-0.39, 0.29) is 12.1 Å². The minimum atomic E-state index is -2.19. The fourth-order valence-electron chi connectivity index (χ4n) is 2.56. The van der Waals surface area contributed by atoms with Crippen molar-refractivity contribution in [2.75, 3.05) is 24.6 Å². The third-order valence-corrected chi connectivity index (χ3v) is 3.70. The van der Waals surface area contributed by atoms with Gasteiger partial charge in [0.15, 0.2) is 23.3 Å². The van der Waals surface area contributed by atoms with Gasteiger partial charge in [0.2, 0.25) is 5.82 Å². The Hall–Kier alpha value is -2.75. The number of terminal acetylenes is 1. The van der Waals surface area contributed by atoms with Gasteiger partial charge >= 0.3 is 0 Å². The Morgan fingerprint density at radius 1 is 1.00 bits per heavy atom. The van der Waals surface area contributed by atoms with E-state index in [1.54, 1.807) is 4.90 Å². The van der Waals surface area contributed by atoms with Gasteiger partial charge in [-0.1, -0.05) is 12.0 Å². The highest BCUT2D eigenvalue weighted by molar-refractivity contribution is 5.74. The Morgan fingerprint density at radius 2 is 1.62 bits per heavy atom. The zero-order valence-corrected chi connectivity index (χ0v) is 12.2. The van der Waals surface area contributed by atoms with Crippen LogP contribution in [0.15, 0.2) is 18.2 Å². The molecule has 0 aromatic heterocycles. The molecule has 2 aromatic carbocycles. The highest BCUT2D eigenvalue weighted by Gasteiger charge is 2.28. The fourth-order valence-corrected chi connectivity index (χ4v) is 2.56. The van der Waals surface area contributed by atoms with Gasteiger partial charge in [0, 0.05) is 0 Å². The molecule has 0 spiro atoms. The van der Waals surface area contributed by atoms with Crippen molar-refractivity contribution in [3.05, 3.63) is 47.3 Å². The van der Waals surface area contributed by atoms with Gasteiger partial charge in [0.05, 0.1) is 24.3 Å². The molecule has 1 aliphatic heterocycles. The number of halogens is 5. The Morgan fingerprint density at radius 3 is 2.25 bits per heavy atom. The van der Waals surface area contributed by atoms with E-state index in [9.17, 15) is 22.0 Å². The number of rotatable bonds is 2. The molecule has 0 fully saturated rings. The van der Waals surface area contributed by atoms with Gasteiger partial charge in [-0.15, -0.1) is 6.42 Å². The molecule has 0 amide bonds. The van der Waals surface area contributed by atoms with E-state index in [0.29, 0.717) is 24.6 Å². The lowest BCUT2D eigenvalue weighted by atomic mass is 10.0. The predicted octanol–water partition coefficient (Wildman–Crippen LogP) is 3.88. The van der Waals surface area contributed by atoms with Crippen molar-refractivity contribution in [3.63, 3.8) is 0 Å². The summed E-state index contributed by atoms with van der Waals surface area (Å²) in [5, 5.41) is 0. The molecule has 0 unspecified atom stereocenters. The maximum atomic E-state index is 14.0. The Kier molecular flexibility index (Phi) is 4.06. The van der Waals surface area contributed by atoms with E-state index in [1.807, 2.05) is 0 Å². The van der Waals surface area contributed by atoms with Crippen molar-refractivity contribution in [1.82, 2.24) is 0 Å². The molecule has 0 saturated heterocycles. The van der Waals surface area contributed by atoms with Gasteiger partial charge in [-0.05, 0) is 17.7 Å². The maximum Gasteiger partial charge on any atom is 0.200 e. The monoisotopic (exact) mass is 339 g/mol. The van der Waals surface area contributed by atoms with Crippen molar-refractivity contribution in [2.45, 2.75) is 0 Å². The largest absolute Gasteiger partial charge is 0.490 e. The van der Waals surface area contributed by atoms with Crippen LogP contribution in [0, 0.1) is 41.4 Å². The topological polar surface area (TPSA) is 12.5 Å². The van der Waals surface area contributed by atoms with Gasteiger partial charge in [0.25, 0.3) is 0 Å². The number of hydrogen-bond donors (Lipinski definition) is 0. The number of nitrogens with zero attached hydrogens (tertiary/aromatic N) is 1. The first-order valence-electron chi connectivity index (χ1n) is 6.92. The molecule has 0 bridgehead atoms. The molecule has 1 heterocycles. The number of fused-ring (bicyclic) bond motifs is 1. The minimum Gasteiger partial charge on any atom is -0.490 e. The van der Waals surface area contributed by atoms with Gasteiger partial charge in [0.1, 0.15) is 12.4 Å². The maximum absolute atomic E-state index is 14.0. The van der Waals surface area contributed by atoms with Crippen molar-refractivity contribution in [1.29, 1.82) is 0 Å². The van der Waals surface area contributed by atoms with Crippen LogP contribution in [0.4, 0.5) is 27.6 Å². The van der Waals surface area contributed by atoms with E-state index in [0.717, 1.165) is 0 Å². The van der Waals surface area contributed by atoms with Crippen LogP contribution in [0.3, 0.4) is 0 Å². The van der Waals surface area contributed by atoms with Gasteiger partial charge < -0.3 is 9.64 Å². The lowest BCUT2D eigenvalue weighted by Gasteiger charge is -2.30. The van der Waals surface area contributed by atoms with E-state index in [1.165, 1.54) is 18.2 Å². The van der Waals surface area contributed by atoms with Crippen LogP contribution >= 0.6 is 0 Å². The van der Waals surface area contributed by atoms with Crippen molar-refractivity contribution in [2.24, 2.45) is 0 Å². The number of benzene rings is 2. The van der Waals surface area contributed by atoms with Crippen LogP contribution in [-0.2, 0) is 0 Å². The summed E-state index contributed by atoms with van der Waals surface area (Å²) in [6.07, 6.45) is 5.28. The lowest BCUT2D eigenvalue weighted by molar-refractivity contribution is 0.310. The van der Waals surface area contributed by atoms with Gasteiger partial charge in [-0.2, -0.15) is 0 Å². The SMILES string of the molecule is C#CCN1CCOc2ccc(-c3c(F)c(F)c(F)c(F)c3F)cc21. The first-order chi connectivity index (χ1) is 11.5. The van der Waals surface area contributed by atoms with E-state index in [4.69, 9.17) is 11.2 Å². The van der Waals surface area contributed by atoms with Crippen molar-refractivity contribution < 1.29 is 26.7 Å². The summed E-state index contributed by atoms with van der Waals surface area (Å²) in [7, 11) is 0. The first-order valence-corrected chi connectivity index (χ1v) is 6.92. The third kappa shape index (κ3) is 2.44. The molecule has 0 radical (unpaired) electrons. The molecule has 0 atom stereocenters. The van der Waals surface area contributed by atoms with Crippen LogP contribution in [0.2, 0.25) is 0 Å². The summed E-state index contributed by atoms with van der Waals surface area (Å²) in [5.74, 6) is -7.07. The number of anilines is 1. The standard InChI is InChI=1S/C17H10F5NO/c1-2-5-23-6-7-24-11-4-3-9(8-10(11)23)12-13(18)15(20)17(22)16(21)14(12)19/h1,3-4,8H,5-7H2. The molecule has 2 nitrogen and oxygen atoms in total. The zero-order valence-electron chi connectivity index (χ0n) is 12.2. The quantitative estimate of drug-likeness (QED) is 0.356. The summed E-state index contributed by atoms with van der Waals surface area (Å²) in [6, 6.07) is 3.94. The molecule has 7 heteroatoms. The zero-order chi connectivity index (χ0) is 17.4. The second-order valence-corrected chi connectivity index (χ2v) is 5.10. The average Bonchev–Trinajstić information content (AvgIpc) is 2.59. The molecule has 2 aromatic rings. The minimum absolute atomic E-state index is 0.158. The molecule has 0 N–H and O–H groups in total. The molecular formula is C17H10F5NO. The Bertz CT molecular complexity index is 830. The highest BCUT2D eigenvalue weighted by atomic mass is 19.2. The third-order valence-electron chi connectivity index (χ3n) is 3.70. The number of hydrogen-bond acceptors (Lipinski definition) is 2. The Labute approximate surface area is 134 Å². The fraction of sp³-hybridized carbons (Fsp3) is 0.176. The second-order valence-electron chi connectivity index (χ2n) is 5.10. The predicted molar refractivity (Wildman–Crippen MR) is 78.2 cm³/mol. The molecule has 0 aliphatic carbocycles. The molecule has 24 heavy (non-hydrogen) atoms. The van der Waals surface area contributed by atoms with Crippen LogP contribution < -0.4 is 9.64 Å². The molecule has 124 valence electrons. The van der Waals surface area contributed by atoms with E-state index < -0.39 is 34.6 Å². The van der Waals surface area contributed by atoms with Crippen molar-refractivity contribution >= 4 is 5.69 Å². The molecule has 1 aliphatic rings. The van der Waals surface area contributed by atoms with E-state index in [2.05, 4.69) is 5.92 Å². The summed E-state index contributed by atoms with van der Waals surface area (Å²) < 4.78 is 73.3. The lowest BCUT2D eigenvalue weighted by Crippen LogP contribution is -2.32. The van der Waals surface area contributed by atoms with Crippen LogP contribution in [0.5, 0.6) is 5.75 Å². The van der Waals surface area contributed by atoms with Gasteiger partial charge in [-0.25, -0.2) is 22.0 Å². The summed E-state index contributed by atoms with van der Waals surface area (Å²) in [4.78, 5) is 1.72.